The summed E-state index contributed by atoms with van der Waals surface area (Å²) in [5, 5.41) is 9.59. The number of amides is 2. The molecule has 0 saturated carbocycles. The molecular formula is C19H30IN5O2. The zero-order valence-electron chi connectivity index (χ0n) is 15.9. The number of ether oxygens (including phenoxy) is 1. The molecule has 2 aliphatic heterocycles. The summed E-state index contributed by atoms with van der Waals surface area (Å²) < 4.78 is 5.62. The zero-order chi connectivity index (χ0) is 18.2. The molecule has 2 fully saturated rings. The van der Waals surface area contributed by atoms with E-state index in [1.165, 1.54) is 0 Å². The molecule has 1 aromatic rings. The van der Waals surface area contributed by atoms with Crippen molar-refractivity contribution in [1.82, 2.24) is 15.5 Å². The lowest BCUT2D eigenvalue weighted by Crippen LogP contribution is -2.40. The van der Waals surface area contributed by atoms with Crippen molar-refractivity contribution in [3.8, 4) is 0 Å². The predicted molar refractivity (Wildman–Crippen MR) is 119 cm³/mol. The molecule has 27 heavy (non-hydrogen) atoms. The number of rotatable bonds is 5. The topological polar surface area (TPSA) is 78.0 Å². The minimum absolute atomic E-state index is 0. The fraction of sp³-hybridized carbons (Fsp3) is 0.579. The van der Waals surface area contributed by atoms with Gasteiger partial charge in [0.2, 0.25) is 0 Å². The molecule has 0 radical (unpaired) electrons. The lowest BCUT2D eigenvalue weighted by atomic mass is 10.2. The maximum absolute atomic E-state index is 12.2. The monoisotopic (exact) mass is 487 g/mol. The Hall–Kier alpha value is -1.55. The van der Waals surface area contributed by atoms with E-state index in [9.17, 15) is 4.79 Å². The first kappa shape index (κ1) is 21.7. The van der Waals surface area contributed by atoms with Crippen LogP contribution in [-0.4, -0.2) is 56.3 Å². The highest BCUT2D eigenvalue weighted by atomic mass is 127. The number of carbonyl (C=O) groups excluding carboxylic acids is 1. The van der Waals surface area contributed by atoms with Gasteiger partial charge in [0.05, 0.1) is 6.10 Å². The fourth-order valence-electron chi connectivity index (χ4n) is 3.30. The second kappa shape index (κ2) is 11.3. The summed E-state index contributed by atoms with van der Waals surface area (Å²) in [4.78, 5) is 18.3. The lowest BCUT2D eigenvalue weighted by molar-refractivity contribution is 0.114. The van der Waals surface area contributed by atoms with Crippen LogP contribution in [0.5, 0.6) is 0 Å². The SMILES string of the molecule is CN=C(NCc1cccc(NC(=O)N2CCCC2)c1)NCC1CCCO1.I. The molecule has 2 saturated heterocycles. The molecule has 0 spiro atoms. The zero-order valence-corrected chi connectivity index (χ0v) is 18.2. The van der Waals surface area contributed by atoms with Gasteiger partial charge in [0.1, 0.15) is 0 Å². The minimum atomic E-state index is -0.0124. The largest absolute Gasteiger partial charge is 0.376 e. The highest BCUT2D eigenvalue weighted by Crippen LogP contribution is 2.14. The summed E-state index contributed by atoms with van der Waals surface area (Å²) in [5.74, 6) is 0.756. The van der Waals surface area contributed by atoms with E-state index in [0.29, 0.717) is 6.54 Å². The number of aliphatic imine (C=N–C) groups is 1. The van der Waals surface area contributed by atoms with Gasteiger partial charge in [-0.2, -0.15) is 0 Å². The molecule has 2 aliphatic rings. The number of carbonyl (C=O) groups is 1. The Morgan fingerprint density at radius 1 is 1.26 bits per heavy atom. The molecule has 0 bridgehead atoms. The summed E-state index contributed by atoms with van der Waals surface area (Å²) in [5.41, 5.74) is 1.91. The maximum atomic E-state index is 12.2. The van der Waals surface area contributed by atoms with E-state index >= 15 is 0 Å². The highest BCUT2D eigenvalue weighted by molar-refractivity contribution is 14.0. The van der Waals surface area contributed by atoms with E-state index in [-0.39, 0.29) is 36.1 Å². The predicted octanol–water partition coefficient (Wildman–Crippen LogP) is 2.78. The van der Waals surface area contributed by atoms with Gasteiger partial charge >= 0.3 is 6.03 Å². The lowest BCUT2D eigenvalue weighted by Gasteiger charge is -2.17. The Morgan fingerprint density at radius 3 is 2.78 bits per heavy atom. The molecule has 3 rings (SSSR count). The smallest absolute Gasteiger partial charge is 0.321 e. The van der Waals surface area contributed by atoms with E-state index in [1.54, 1.807) is 7.05 Å². The van der Waals surface area contributed by atoms with Crippen molar-refractivity contribution in [2.75, 3.05) is 38.6 Å². The Kier molecular flexibility index (Phi) is 9.12. The van der Waals surface area contributed by atoms with Gasteiger partial charge in [-0.3, -0.25) is 4.99 Å². The average Bonchev–Trinajstić information content (AvgIpc) is 3.36. The third-order valence-corrected chi connectivity index (χ3v) is 4.78. The van der Waals surface area contributed by atoms with Gasteiger partial charge in [-0.1, -0.05) is 12.1 Å². The van der Waals surface area contributed by atoms with Gasteiger partial charge in [-0.05, 0) is 43.4 Å². The maximum Gasteiger partial charge on any atom is 0.321 e. The number of anilines is 1. The molecule has 0 aliphatic carbocycles. The normalized spacial score (nSPS) is 19.5. The molecule has 1 unspecified atom stereocenters. The standard InChI is InChI=1S/C19H29N5O2.HI/c1-20-18(22-14-17-8-5-11-26-17)21-13-15-6-4-7-16(12-15)23-19(25)24-9-2-3-10-24;/h4,6-7,12,17H,2-3,5,8-11,13-14H2,1H3,(H,23,25)(H2,20,21,22);1H. The van der Waals surface area contributed by atoms with Crippen LogP contribution in [0.2, 0.25) is 0 Å². The first-order chi connectivity index (χ1) is 12.7. The van der Waals surface area contributed by atoms with Gasteiger partial charge in [0, 0.05) is 45.5 Å². The van der Waals surface area contributed by atoms with Crippen LogP contribution in [0.4, 0.5) is 10.5 Å². The summed E-state index contributed by atoms with van der Waals surface area (Å²) in [7, 11) is 1.76. The van der Waals surface area contributed by atoms with Crippen molar-refractivity contribution < 1.29 is 9.53 Å². The van der Waals surface area contributed by atoms with Crippen LogP contribution in [0.15, 0.2) is 29.3 Å². The summed E-state index contributed by atoms with van der Waals surface area (Å²) in [6, 6.07) is 7.89. The van der Waals surface area contributed by atoms with Gasteiger partial charge in [0.15, 0.2) is 5.96 Å². The second-order valence-corrected chi connectivity index (χ2v) is 6.77. The van der Waals surface area contributed by atoms with Gasteiger partial charge in [-0.25, -0.2) is 4.79 Å². The van der Waals surface area contributed by atoms with E-state index in [4.69, 9.17) is 4.74 Å². The molecule has 7 nitrogen and oxygen atoms in total. The van der Waals surface area contributed by atoms with Crippen LogP contribution in [0.25, 0.3) is 0 Å². The van der Waals surface area contributed by atoms with Crippen LogP contribution >= 0.6 is 24.0 Å². The third-order valence-electron chi connectivity index (χ3n) is 4.78. The molecule has 2 heterocycles. The molecule has 1 atom stereocenters. The Bertz CT molecular complexity index is 628. The highest BCUT2D eigenvalue weighted by Gasteiger charge is 2.18. The number of nitrogens with one attached hydrogen (secondary N) is 3. The number of benzene rings is 1. The van der Waals surface area contributed by atoms with Crippen molar-refractivity contribution in [3.05, 3.63) is 29.8 Å². The average molecular weight is 487 g/mol. The van der Waals surface area contributed by atoms with Crippen molar-refractivity contribution in [3.63, 3.8) is 0 Å². The van der Waals surface area contributed by atoms with E-state index in [1.807, 2.05) is 29.2 Å². The van der Waals surface area contributed by atoms with E-state index in [0.717, 1.165) is 69.1 Å². The number of guanidine groups is 1. The van der Waals surface area contributed by atoms with Gasteiger partial charge < -0.3 is 25.6 Å². The van der Waals surface area contributed by atoms with Crippen LogP contribution in [-0.2, 0) is 11.3 Å². The molecule has 2 amide bonds. The summed E-state index contributed by atoms with van der Waals surface area (Å²) in [6.45, 7) is 3.96. The summed E-state index contributed by atoms with van der Waals surface area (Å²) in [6.07, 6.45) is 4.69. The summed E-state index contributed by atoms with van der Waals surface area (Å²) >= 11 is 0. The number of hydrogen-bond acceptors (Lipinski definition) is 3. The first-order valence-electron chi connectivity index (χ1n) is 9.45. The molecule has 150 valence electrons. The number of urea groups is 1. The molecule has 1 aromatic carbocycles. The molecular weight excluding hydrogens is 457 g/mol. The second-order valence-electron chi connectivity index (χ2n) is 6.77. The molecule has 0 aromatic heterocycles. The number of likely N-dealkylation sites (tertiary alicyclic amines) is 1. The fourth-order valence-corrected chi connectivity index (χ4v) is 3.30. The molecule has 8 heteroatoms. The molecule has 3 N–H and O–H groups in total. The van der Waals surface area contributed by atoms with Crippen LogP contribution < -0.4 is 16.0 Å². The Morgan fingerprint density at radius 2 is 2.07 bits per heavy atom. The van der Waals surface area contributed by atoms with Crippen molar-refractivity contribution in [2.45, 2.75) is 38.3 Å². The van der Waals surface area contributed by atoms with Crippen LogP contribution in [0.3, 0.4) is 0 Å². The number of halogens is 1. The van der Waals surface area contributed by atoms with Crippen molar-refractivity contribution in [1.29, 1.82) is 0 Å². The van der Waals surface area contributed by atoms with Crippen molar-refractivity contribution in [2.24, 2.45) is 4.99 Å². The number of hydrogen-bond donors (Lipinski definition) is 3. The Balaban J connectivity index is 0.00000261. The first-order valence-corrected chi connectivity index (χ1v) is 9.45. The van der Waals surface area contributed by atoms with Crippen LogP contribution in [0.1, 0.15) is 31.2 Å². The van der Waals surface area contributed by atoms with Gasteiger partial charge in [-0.15, -0.1) is 24.0 Å². The third kappa shape index (κ3) is 6.84. The quantitative estimate of drug-likeness (QED) is 0.339. The van der Waals surface area contributed by atoms with E-state index < -0.39 is 0 Å². The van der Waals surface area contributed by atoms with E-state index in [2.05, 4.69) is 20.9 Å². The Labute approximate surface area is 178 Å². The van der Waals surface area contributed by atoms with Crippen molar-refractivity contribution >= 4 is 41.7 Å². The minimum Gasteiger partial charge on any atom is -0.376 e. The van der Waals surface area contributed by atoms with Crippen LogP contribution in [0, 0.1) is 0 Å². The van der Waals surface area contributed by atoms with Gasteiger partial charge in [0.25, 0.3) is 0 Å². The number of nitrogens with zero attached hydrogens (tertiary/aromatic N) is 2.